The van der Waals surface area contributed by atoms with Crippen LogP contribution in [-0.4, -0.2) is 7.85 Å². The van der Waals surface area contributed by atoms with Gasteiger partial charge in [0, 0.05) is 0 Å². The first-order valence-electron chi connectivity index (χ1n) is 14.3. The molecule has 1 atom stereocenters. The van der Waals surface area contributed by atoms with Gasteiger partial charge in [-0.2, -0.15) is 0 Å². The van der Waals surface area contributed by atoms with E-state index in [-0.39, 0.29) is 5.41 Å². The molecule has 1 aliphatic carbocycles. The lowest BCUT2D eigenvalue weighted by atomic mass is 9.66. The largest absolute Gasteiger partial charge is 0.140 e. The molecule has 194 valence electrons. The van der Waals surface area contributed by atoms with Gasteiger partial charge in [0.05, 0.1) is 0 Å². The second-order valence-electron chi connectivity index (χ2n) is 11.4. The van der Waals surface area contributed by atoms with Crippen LogP contribution in [0.15, 0.2) is 90.1 Å². The highest BCUT2D eigenvalue weighted by atomic mass is 14.3. The molecular weight excluding hydrogens is 431 g/mol. The summed E-state index contributed by atoms with van der Waals surface area (Å²) in [4.78, 5) is 0. The molecule has 1 aromatic carbocycles. The van der Waals surface area contributed by atoms with E-state index in [2.05, 4.69) is 105 Å². The van der Waals surface area contributed by atoms with Gasteiger partial charge < -0.3 is 0 Å². The molecule has 1 heteroatoms. The van der Waals surface area contributed by atoms with Crippen molar-refractivity contribution in [1.82, 2.24) is 0 Å². The van der Waals surface area contributed by atoms with Gasteiger partial charge in [-0.25, -0.2) is 0 Å². The quantitative estimate of drug-likeness (QED) is 0.183. The molecular formula is C35H51B. The lowest BCUT2D eigenvalue weighted by Gasteiger charge is -2.35. The number of hydrogen-bond donors (Lipinski definition) is 0. The molecule has 0 aromatic heterocycles. The first-order chi connectivity index (χ1) is 17.2. The zero-order chi connectivity index (χ0) is 26.7. The Morgan fingerprint density at radius 1 is 1.14 bits per heavy atom. The third-order valence-electron chi connectivity index (χ3n) is 7.93. The standard InChI is InChI=1S/C35H51B/c1-9-16-28(17-10-2)22-27(7)25-35(8,24-26(5)6)33-21-15-19-31(34(33)36)23-30(12-4)32-20-14-13-18-29(32)11-3/h11-12,14-15,19-21,28H,4-5,7,9-10,13,16-18,22-25,36H2,1-3,6,8H3/b29-11-,32-30+. The summed E-state index contributed by atoms with van der Waals surface area (Å²) in [5, 5.41) is 0. The molecule has 0 N–H and O–H groups in total. The molecule has 0 fully saturated rings. The van der Waals surface area contributed by atoms with E-state index in [0.29, 0.717) is 0 Å². The highest BCUT2D eigenvalue weighted by Crippen LogP contribution is 2.38. The van der Waals surface area contributed by atoms with Crippen LogP contribution in [0.3, 0.4) is 0 Å². The van der Waals surface area contributed by atoms with Crippen molar-refractivity contribution in [3.8, 4) is 0 Å². The molecule has 1 aromatic rings. The summed E-state index contributed by atoms with van der Waals surface area (Å²) < 4.78 is 0. The van der Waals surface area contributed by atoms with Crippen LogP contribution < -0.4 is 5.46 Å². The van der Waals surface area contributed by atoms with Gasteiger partial charge in [0.25, 0.3) is 0 Å². The van der Waals surface area contributed by atoms with E-state index in [1.165, 1.54) is 70.1 Å². The van der Waals surface area contributed by atoms with Gasteiger partial charge in [-0.1, -0.05) is 119 Å². The van der Waals surface area contributed by atoms with Crippen molar-refractivity contribution in [3.63, 3.8) is 0 Å². The second kappa shape index (κ2) is 14.5. The maximum absolute atomic E-state index is 4.61. The molecule has 0 bridgehead atoms. The van der Waals surface area contributed by atoms with Crippen LogP contribution in [0.25, 0.3) is 0 Å². The molecule has 0 nitrogen and oxygen atoms in total. The van der Waals surface area contributed by atoms with Gasteiger partial charge in [-0.15, -0.1) is 6.58 Å². The van der Waals surface area contributed by atoms with Crippen LogP contribution >= 0.6 is 0 Å². The Balaban J connectivity index is 2.43. The Morgan fingerprint density at radius 2 is 1.83 bits per heavy atom. The molecule has 2 rings (SSSR count). The summed E-state index contributed by atoms with van der Waals surface area (Å²) in [6.45, 7) is 24.5. The highest BCUT2D eigenvalue weighted by Gasteiger charge is 2.30. The topological polar surface area (TPSA) is 0 Å². The van der Waals surface area contributed by atoms with Crippen molar-refractivity contribution < 1.29 is 0 Å². The van der Waals surface area contributed by atoms with Gasteiger partial charge in [0.15, 0.2) is 0 Å². The van der Waals surface area contributed by atoms with E-state index in [1.54, 1.807) is 0 Å². The second-order valence-corrected chi connectivity index (χ2v) is 11.4. The molecule has 0 spiro atoms. The van der Waals surface area contributed by atoms with E-state index >= 15 is 0 Å². The minimum Gasteiger partial charge on any atom is -0.100 e. The summed E-state index contributed by atoms with van der Waals surface area (Å²) in [6.07, 6.45) is 20.4. The lowest BCUT2D eigenvalue weighted by Crippen LogP contribution is -2.32. The third-order valence-corrected chi connectivity index (χ3v) is 7.93. The molecule has 1 aliphatic rings. The number of benzene rings is 1. The first-order valence-corrected chi connectivity index (χ1v) is 14.3. The average Bonchev–Trinajstić information content (AvgIpc) is 2.83. The Labute approximate surface area is 224 Å². The fourth-order valence-electron chi connectivity index (χ4n) is 6.42. The normalized spacial score (nSPS) is 17.8. The minimum atomic E-state index is 0.00664. The Hall–Kier alpha value is -2.28. The van der Waals surface area contributed by atoms with Crippen LogP contribution in [-0.2, 0) is 11.8 Å². The van der Waals surface area contributed by atoms with Crippen molar-refractivity contribution >= 4 is 13.3 Å². The Kier molecular flexibility index (Phi) is 12.0. The van der Waals surface area contributed by atoms with E-state index in [1.807, 2.05) is 0 Å². The van der Waals surface area contributed by atoms with E-state index in [9.17, 15) is 0 Å². The summed E-state index contributed by atoms with van der Waals surface area (Å²) >= 11 is 0. The van der Waals surface area contributed by atoms with Crippen molar-refractivity contribution in [3.05, 3.63) is 101 Å². The van der Waals surface area contributed by atoms with Crippen LogP contribution in [0.2, 0.25) is 0 Å². The molecule has 1 unspecified atom stereocenters. The Morgan fingerprint density at radius 3 is 2.42 bits per heavy atom. The van der Waals surface area contributed by atoms with Crippen LogP contribution in [0.4, 0.5) is 0 Å². The summed E-state index contributed by atoms with van der Waals surface area (Å²) in [6, 6.07) is 6.91. The average molecular weight is 483 g/mol. The van der Waals surface area contributed by atoms with E-state index in [4.69, 9.17) is 0 Å². The zero-order valence-electron chi connectivity index (χ0n) is 24.3. The number of allylic oxidation sites excluding steroid dienone is 9. The maximum Gasteiger partial charge on any atom is 0.140 e. The monoisotopic (exact) mass is 482 g/mol. The summed E-state index contributed by atoms with van der Waals surface area (Å²) in [7, 11) is 2.32. The van der Waals surface area contributed by atoms with Crippen molar-refractivity contribution in [2.75, 3.05) is 0 Å². The van der Waals surface area contributed by atoms with Crippen molar-refractivity contribution in [2.24, 2.45) is 5.92 Å². The lowest BCUT2D eigenvalue weighted by molar-refractivity contribution is 0.404. The van der Waals surface area contributed by atoms with Crippen LogP contribution in [0, 0.1) is 5.92 Å². The van der Waals surface area contributed by atoms with Gasteiger partial charge >= 0.3 is 0 Å². The highest BCUT2D eigenvalue weighted by molar-refractivity contribution is 6.34. The van der Waals surface area contributed by atoms with Crippen molar-refractivity contribution in [1.29, 1.82) is 0 Å². The SMILES string of the molecule is Bc1c(C/C(C=C)=C2\C=CCC\C2=C\C)cccc1C(C)(CC(=C)C)CC(=C)CC(CCC)CCC. The Bertz CT molecular complexity index is 1010. The summed E-state index contributed by atoms with van der Waals surface area (Å²) in [5.74, 6) is 0.764. The zero-order valence-corrected chi connectivity index (χ0v) is 24.3. The van der Waals surface area contributed by atoms with Gasteiger partial charge in [-0.3, -0.25) is 0 Å². The fraction of sp³-hybridized carbons (Fsp3) is 0.486. The van der Waals surface area contributed by atoms with E-state index in [0.717, 1.165) is 44.4 Å². The van der Waals surface area contributed by atoms with Gasteiger partial charge in [-0.05, 0) is 91.6 Å². The predicted octanol–water partition coefficient (Wildman–Crippen LogP) is 9.04. The fourth-order valence-corrected chi connectivity index (χ4v) is 6.42. The van der Waals surface area contributed by atoms with Crippen LogP contribution in [0.1, 0.15) is 104 Å². The smallest absolute Gasteiger partial charge is 0.100 e. The van der Waals surface area contributed by atoms with Gasteiger partial charge in [0.2, 0.25) is 0 Å². The van der Waals surface area contributed by atoms with Gasteiger partial charge in [0.1, 0.15) is 7.85 Å². The number of hydrogen-bond acceptors (Lipinski definition) is 0. The molecule has 0 saturated carbocycles. The molecule has 0 radical (unpaired) electrons. The van der Waals surface area contributed by atoms with E-state index < -0.39 is 0 Å². The molecule has 0 saturated heterocycles. The third kappa shape index (κ3) is 8.12. The molecule has 0 amide bonds. The molecule has 0 aliphatic heterocycles. The number of rotatable bonds is 14. The first kappa shape index (κ1) is 30.0. The minimum absolute atomic E-state index is 0.00664. The summed E-state index contributed by atoms with van der Waals surface area (Å²) in [5.41, 5.74) is 11.0. The van der Waals surface area contributed by atoms with Crippen molar-refractivity contribution in [2.45, 2.75) is 104 Å². The molecule has 0 heterocycles. The maximum atomic E-state index is 4.61. The van der Waals surface area contributed by atoms with Crippen LogP contribution in [0.5, 0.6) is 0 Å². The molecule has 36 heavy (non-hydrogen) atoms. The predicted molar refractivity (Wildman–Crippen MR) is 166 cm³/mol.